The van der Waals surface area contributed by atoms with Crippen molar-refractivity contribution in [2.24, 2.45) is 53.3 Å². The van der Waals surface area contributed by atoms with Crippen molar-refractivity contribution in [1.82, 2.24) is 0 Å². The van der Waals surface area contributed by atoms with Gasteiger partial charge in [0.15, 0.2) is 0 Å². The number of rotatable bonds is 4. The van der Waals surface area contributed by atoms with Gasteiger partial charge in [0.05, 0.1) is 0 Å². The van der Waals surface area contributed by atoms with Crippen LogP contribution in [0.25, 0.3) is 0 Å². The Balaban J connectivity index is -0.0000000513. The molecule has 2 heteroatoms. The van der Waals surface area contributed by atoms with E-state index >= 15 is 0 Å². The summed E-state index contributed by atoms with van der Waals surface area (Å²) in [6, 6.07) is 0. The van der Waals surface area contributed by atoms with Crippen LogP contribution in [0.3, 0.4) is 0 Å². The van der Waals surface area contributed by atoms with E-state index in [0.717, 1.165) is 53.3 Å². The first kappa shape index (κ1) is 68.7. The molecule has 0 amide bonds. The van der Waals surface area contributed by atoms with E-state index in [-0.39, 0.29) is 112 Å². The van der Waals surface area contributed by atoms with E-state index < -0.39 is 0 Å². The molecule has 7 atom stereocenters. The summed E-state index contributed by atoms with van der Waals surface area (Å²) in [6.07, 6.45) is 28.5. The maximum Gasteiger partial charge on any atom is 4.00 e. The van der Waals surface area contributed by atoms with E-state index in [2.05, 4.69) is 48.5 Å². The zero-order chi connectivity index (χ0) is 25.6. The second-order valence-corrected chi connectivity index (χ2v) is 14.0. The molecule has 0 aliphatic heterocycles. The van der Waals surface area contributed by atoms with Crippen LogP contribution >= 0.6 is 0 Å². The van der Waals surface area contributed by atoms with E-state index in [1.807, 2.05) is 0 Å². The van der Waals surface area contributed by atoms with Gasteiger partial charge in [0.1, 0.15) is 0 Å². The van der Waals surface area contributed by atoms with Gasteiger partial charge in [0.2, 0.25) is 0 Å². The van der Waals surface area contributed by atoms with Crippen LogP contribution < -0.4 is 0 Å². The van der Waals surface area contributed by atoms with E-state index in [1.54, 1.807) is 19.3 Å². The zero-order valence-corrected chi connectivity index (χ0v) is 39.5. The Morgan fingerprint density at radius 3 is 1.02 bits per heavy atom. The molecule has 0 aromatic rings. The van der Waals surface area contributed by atoms with Crippen LogP contribution in [-0.4, -0.2) is 0 Å². The number of hydrogen-bond donors (Lipinski definition) is 0. The standard InChI is InChI=1S/C10H18.C9H18.2C8H16.8CH3.2Zr/c1-8-6-7-9-4-2-3-5-10(8)9;1-6-5-7(2)9(4)8(6)3;2*1-2-5-8-6-3-4-7-8;;;;;;;;;;/h8-10H,2-7H2,1H3;6-9H,5H2,1-4H3;2*8H,2-7H2,1H3;8*1H3;;/q;;;;8*-1;2*+4. The third kappa shape index (κ3) is 26.3. The normalized spacial score (nSPS) is 28.7. The Hall–Kier alpha value is 1.77. The molecule has 0 aromatic carbocycles. The van der Waals surface area contributed by atoms with Gasteiger partial charge in [0, 0.05) is 0 Å². The van der Waals surface area contributed by atoms with Crippen LogP contribution in [0.1, 0.15) is 170 Å². The Bertz CT molecular complexity index is 476. The molecule has 5 rings (SSSR count). The first-order valence-electron chi connectivity index (χ1n) is 16.9. The molecule has 0 nitrogen and oxygen atoms in total. The van der Waals surface area contributed by atoms with Gasteiger partial charge in [-0.25, -0.2) is 0 Å². The van der Waals surface area contributed by atoms with Gasteiger partial charge in [-0.1, -0.05) is 151 Å². The van der Waals surface area contributed by atoms with Crippen LogP contribution in [0.5, 0.6) is 0 Å². The van der Waals surface area contributed by atoms with Crippen molar-refractivity contribution in [3.63, 3.8) is 0 Å². The average molecular weight is 792 g/mol. The van der Waals surface area contributed by atoms with Gasteiger partial charge in [-0.2, -0.15) is 0 Å². The predicted octanol–water partition coefficient (Wildman–Crippen LogP) is 15.7. The summed E-state index contributed by atoms with van der Waals surface area (Å²) >= 11 is 0. The topological polar surface area (TPSA) is 0 Å². The van der Waals surface area contributed by atoms with Gasteiger partial charge in [0.25, 0.3) is 0 Å². The van der Waals surface area contributed by atoms with E-state index in [4.69, 9.17) is 0 Å². The van der Waals surface area contributed by atoms with Crippen molar-refractivity contribution >= 4 is 0 Å². The first-order valence-corrected chi connectivity index (χ1v) is 16.9. The molecule has 5 fully saturated rings. The van der Waals surface area contributed by atoms with Gasteiger partial charge >= 0.3 is 52.4 Å². The Labute approximate surface area is 333 Å². The van der Waals surface area contributed by atoms with E-state index in [9.17, 15) is 0 Å². The third-order valence-electron chi connectivity index (χ3n) is 11.4. The molecule has 5 saturated carbocycles. The Morgan fingerprint density at radius 2 is 0.733 bits per heavy atom. The monoisotopic (exact) mass is 789 g/mol. The maximum atomic E-state index is 2.45. The average Bonchev–Trinajstić information content (AvgIpc) is 3.66. The molecule has 0 N–H and O–H groups in total. The molecule has 272 valence electrons. The largest absolute Gasteiger partial charge is 4.00 e. The van der Waals surface area contributed by atoms with Crippen LogP contribution in [0, 0.1) is 113 Å². The molecule has 0 radical (unpaired) electrons. The minimum Gasteiger partial charge on any atom is -0.358 e. The SMILES string of the molecule is CC1CC(C)C(C)C1C.CC1CCC2CCCCC12.CCCC1CCCC1.CCCC1CCCC1.[CH3-].[CH3-].[CH3-].[CH3-].[CH3-].[CH3-].[CH3-].[CH3-].[Zr+4].[Zr+4]. The quantitative estimate of drug-likeness (QED) is 0.249. The number of fused-ring (bicyclic) bond motifs is 1. The maximum absolute atomic E-state index is 2.45. The smallest absolute Gasteiger partial charge is 0.358 e. The van der Waals surface area contributed by atoms with Crippen LogP contribution in [0.15, 0.2) is 0 Å². The summed E-state index contributed by atoms with van der Waals surface area (Å²) < 4.78 is 0. The molecule has 0 aromatic heterocycles. The fraction of sp³-hybridized carbons (Fsp3) is 0.814. The van der Waals surface area contributed by atoms with Crippen molar-refractivity contribution < 1.29 is 52.4 Å². The third-order valence-corrected chi connectivity index (χ3v) is 11.4. The van der Waals surface area contributed by atoms with E-state index in [1.165, 1.54) is 103 Å². The van der Waals surface area contributed by atoms with Crippen molar-refractivity contribution in [1.29, 1.82) is 0 Å². The van der Waals surface area contributed by atoms with Crippen molar-refractivity contribution in [2.75, 3.05) is 0 Å². The van der Waals surface area contributed by atoms with Crippen molar-refractivity contribution in [2.45, 2.75) is 170 Å². The second kappa shape index (κ2) is 40.2. The minimum atomic E-state index is 0. The predicted molar refractivity (Wildman–Crippen MR) is 210 cm³/mol. The summed E-state index contributed by atoms with van der Waals surface area (Å²) in [7, 11) is 0. The van der Waals surface area contributed by atoms with Crippen LogP contribution in [0.2, 0.25) is 0 Å². The molecule has 0 spiro atoms. The van der Waals surface area contributed by atoms with Gasteiger partial charge in [-0.3, -0.25) is 0 Å². The summed E-state index contributed by atoms with van der Waals surface area (Å²) in [6.45, 7) is 16.6. The molecule has 0 heterocycles. The summed E-state index contributed by atoms with van der Waals surface area (Å²) in [4.78, 5) is 0. The molecule has 45 heavy (non-hydrogen) atoms. The molecule has 0 saturated heterocycles. The first-order chi connectivity index (χ1) is 16.9. The van der Waals surface area contributed by atoms with Crippen LogP contribution in [0.4, 0.5) is 0 Å². The summed E-state index contributed by atoms with van der Waals surface area (Å²) in [5.74, 6) is 9.41. The Kier molecular flexibility index (Phi) is 61.3. The number of hydrogen-bond acceptors (Lipinski definition) is 0. The van der Waals surface area contributed by atoms with Gasteiger partial charge in [-0.05, 0) is 72.5 Å². The van der Waals surface area contributed by atoms with Gasteiger partial charge in [-0.15, -0.1) is 0 Å². The van der Waals surface area contributed by atoms with Gasteiger partial charge < -0.3 is 59.4 Å². The second-order valence-electron chi connectivity index (χ2n) is 14.0. The molecule has 5 aliphatic rings. The summed E-state index contributed by atoms with van der Waals surface area (Å²) in [5, 5.41) is 0. The summed E-state index contributed by atoms with van der Waals surface area (Å²) in [5.41, 5.74) is 0. The molecule has 5 aliphatic carbocycles. The van der Waals surface area contributed by atoms with Crippen molar-refractivity contribution in [3.8, 4) is 0 Å². The van der Waals surface area contributed by atoms with E-state index in [0.29, 0.717) is 0 Å². The minimum absolute atomic E-state index is 0. The molecular weight excluding hydrogens is 699 g/mol. The molecular formula is C43H92Zr2. The molecule has 0 bridgehead atoms. The van der Waals surface area contributed by atoms with Crippen molar-refractivity contribution in [3.05, 3.63) is 59.4 Å². The fourth-order valence-corrected chi connectivity index (χ4v) is 8.50. The van der Waals surface area contributed by atoms with Crippen LogP contribution in [-0.2, 0) is 52.4 Å². The zero-order valence-electron chi connectivity index (χ0n) is 34.6. The molecule has 7 unspecified atom stereocenters. The Morgan fingerprint density at radius 1 is 0.400 bits per heavy atom. The fourth-order valence-electron chi connectivity index (χ4n) is 8.50.